The molecule has 2 heterocycles. The highest BCUT2D eigenvalue weighted by Gasteiger charge is 2.25. The second-order valence-corrected chi connectivity index (χ2v) is 5.41. The lowest BCUT2D eigenvalue weighted by atomic mass is 10.1. The van der Waals surface area contributed by atoms with E-state index in [9.17, 15) is 4.79 Å². The molecule has 0 spiro atoms. The highest BCUT2D eigenvalue weighted by Crippen LogP contribution is 2.16. The van der Waals surface area contributed by atoms with Gasteiger partial charge in [0.15, 0.2) is 0 Å². The minimum absolute atomic E-state index is 0.00415. The number of morpholine rings is 1. The van der Waals surface area contributed by atoms with Crippen molar-refractivity contribution < 1.29 is 14.6 Å². The Kier molecular flexibility index (Phi) is 4.68. The molecule has 2 rings (SSSR count). The van der Waals surface area contributed by atoms with E-state index in [4.69, 9.17) is 9.84 Å². The molecule has 0 amide bonds. The maximum Gasteiger partial charge on any atom is 0.305 e. The van der Waals surface area contributed by atoms with Crippen molar-refractivity contribution in [3.8, 4) is 0 Å². The van der Waals surface area contributed by atoms with Crippen LogP contribution in [0.1, 0.15) is 17.0 Å². The number of hydrogen-bond donors (Lipinski definition) is 1. The quantitative estimate of drug-likeness (QED) is 0.870. The van der Waals surface area contributed by atoms with Crippen molar-refractivity contribution in [3.63, 3.8) is 0 Å². The molecule has 5 nitrogen and oxygen atoms in total. The van der Waals surface area contributed by atoms with Crippen LogP contribution in [-0.2, 0) is 16.0 Å². The maximum absolute atomic E-state index is 10.8. The average Bonchev–Trinajstić information content (AvgIpc) is 2.73. The summed E-state index contributed by atoms with van der Waals surface area (Å²) in [5.74, 6) is -0.760. The summed E-state index contributed by atoms with van der Waals surface area (Å²) < 4.78 is 5.36. The number of aromatic nitrogens is 1. The number of carbonyl (C=O) groups is 1. The molecule has 0 bridgehead atoms. The molecule has 0 aliphatic carbocycles. The maximum atomic E-state index is 10.8. The monoisotopic (exact) mass is 270 g/mol. The SMILES string of the molecule is Cc1ncsc1CCN1CCOCC1CC(=O)O. The van der Waals surface area contributed by atoms with Crippen molar-refractivity contribution in [3.05, 3.63) is 16.1 Å². The standard InChI is InChI=1S/C12H18N2O3S/c1-9-11(18-8-13-9)2-3-14-4-5-17-7-10(14)6-12(15)16/h8,10H,2-7H2,1H3,(H,15,16). The number of carboxylic acids is 1. The summed E-state index contributed by atoms with van der Waals surface area (Å²) in [4.78, 5) is 18.5. The first-order chi connectivity index (χ1) is 8.66. The van der Waals surface area contributed by atoms with Gasteiger partial charge < -0.3 is 9.84 Å². The van der Waals surface area contributed by atoms with E-state index in [2.05, 4.69) is 9.88 Å². The Labute approximate surface area is 110 Å². The molecule has 1 saturated heterocycles. The second kappa shape index (κ2) is 6.26. The van der Waals surface area contributed by atoms with Gasteiger partial charge in [-0.1, -0.05) is 0 Å². The molecule has 0 saturated carbocycles. The molecule has 1 unspecified atom stereocenters. The minimum atomic E-state index is -0.760. The van der Waals surface area contributed by atoms with Gasteiger partial charge in [-0.25, -0.2) is 4.98 Å². The van der Waals surface area contributed by atoms with Crippen molar-refractivity contribution in [2.45, 2.75) is 25.8 Å². The molecule has 0 aromatic carbocycles. The van der Waals surface area contributed by atoms with Gasteiger partial charge >= 0.3 is 5.97 Å². The fraction of sp³-hybridized carbons (Fsp3) is 0.667. The van der Waals surface area contributed by atoms with E-state index in [1.807, 2.05) is 12.4 Å². The highest BCUT2D eigenvalue weighted by molar-refractivity contribution is 7.09. The fourth-order valence-electron chi connectivity index (χ4n) is 2.18. The zero-order valence-corrected chi connectivity index (χ0v) is 11.3. The lowest BCUT2D eigenvalue weighted by molar-refractivity contribution is -0.140. The molecule has 1 aliphatic heterocycles. The van der Waals surface area contributed by atoms with Crippen molar-refractivity contribution >= 4 is 17.3 Å². The van der Waals surface area contributed by atoms with Gasteiger partial charge in [0, 0.05) is 24.0 Å². The van der Waals surface area contributed by atoms with Crippen molar-refractivity contribution in [2.75, 3.05) is 26.3 Å². The van der Waals surface area contributed by atoms with E-state index in [0.717, 1.165) is 25.2 Å². The van der Waals surface area contributed by atoms with E-state index in [1.165, 1.54) is 4.88 Å². The van der Waals surface area contributed by atoms with Gasteiger partial charge in [0.25, 0.3) is 0 Å². The van der Waals surface area contributed by atoms with Gasteiger partial charge in [-0.2, -0.15) is 0 Å². The minimum Gasteiger partial charge on any atom is -0.481 e. The Balaban J connectivity index is 1.89. The van der Waals surface area contributed by atoms with Crippen LogP contribution in [0.5, 0.6) is 0 Å². The van der Waals surface area contributed by atoms with Crippen LogP contribution in [0.15, 0.2) is 5.51 Å². The van der Waals surface area contributed by atoms with Crippen LogP contribution in [0.4, 0.5) is 0 Å². The van der Waals surface area contributed by atoms with Crippen LogP contribution >= 0.6 is 11.3 Å². The Morgan fingerprint density at radius 3 is 3.22 bits per heavy atom. The zero-order chi connectivity index (χ0) is 13.0. The molecular formula is C12H18N2O3S. The molecule has 1 aliphatic rings. The molecule has 0 radical (unpaired) electrons. The fourth-order valence-corrected chi connectivity index (χ4v) is 2.95. The third-order valence-corrected chi connectivity index (χ3v) is 4.23. The first-order valence-electron chi connectivity index (χ1n) is 6.09. The summed E-state index contributed by atoms with van der Waals surface area (Å²) in [7, 11) is 0. The number of thiazole rings is 1. The molecule has 1 N–H and O–H groups in total. The summed E-state index contributed by atoms with van der Waals surface area (Å²) in [6.45, 7) is 4.92. The number of nitrogens with zero attached hydrogens (tertiary/aromatic N) is 2. The highest BCUT2D eigenvalue weighted by atomic mass is 32.1. The Morgan fingerprint density at radius 2 is 2.56 bits per heavy atom. The summed E-state index contributed by atoms with van der Waals surface area (Å²) in [5, 5.41) is 8.89. The van der Waals surface area contributed by atoms with Crippen molar-refractivity contribution in [1.82, 2.24) is 9.88 Å². The summed E-state index contributed by atoms with van der Waals surface area (Å²) in [6, 6.07) is 0.00415. The Bertz CT molecular complexity index is 408. The van der Waals surface area contributed by atoms with Gasteiger partial charge in [0.1, 0.15) is 0 Å². The van der Waals surface area contributed by atoms with E-state index >= 15 is 0 Å². The Morgan fingerprint density at radius 1 is 1.72 bits per heavy atom. The first kappa shape index (κ1) is 13.5. The zero-order valence-electron chi connectivity index (χ0n) is 10.5. The predicted molar refractivity (Wildman–Crippen MR) is 69.0 cm³/mol. The number of hydrogen-bond acceptors (Lipinski definition) is 5. The van der Waals surface area contributed by atoms with Crippen LogP contribution in [-0.4, -0.2) is 53.3 Å². The summed E-state index contributed by atoms with van der Waals surface area (Å²) in [6.07, 6.45) is 1.09. The lowest BCUT2D eigenvalue weighted by Crippen LogP contribution is -2.47. The molecule has 1 atom stereocenters. The third-order valence-electron chi connectivity index (χ3n) is 3.23. The smallest absolute Gasteiger partial charge is 0.305 e. The van der Waals surface area contributed by atoms with Crippen LogP contribution in [0, 0.1) is 6.92 Å². The number of rotatable bonds is 5. The van der Waals surface area contributed by atoms with E-state index in [1.54, 1.807) is 11.3 Å². The predicted octanol–water partition coefficient (Wildman–Crippen LogP) is 1.17. The summed E-state index contributed by atoms with van der Waals surface area (Å²) in [5.41, 5.74) is 2.95. The lowest BCUT2D eigenvalue weighted by Gasteiger charge is -2.34. The molecule has 100 valence electrons. The summed E-state index contributed by atoms with van der Waals surface area (Å²) >= 11 is 1.67. The molecule has 1 aromatic rings. The molecule has 6 heteroatoms. The number of ether oxygens (including phenoxy) is 1. The van der Waals surface area contributed by atoms with Gasteiger partial charge in [0.05, 0.1) is 30.8 Å². The van der Waals surface area contributed by atoms with Gasteiger partial charge in [0.2, 0.25) is 0 Å². The molecule has 1 aromatic heterocycles. The van der Waals surface area contributed by atoms with E-state index in [-0.39, 0.29) is 12.5 Å². The number of carboxylic acid groups (broad SMARTS) is 1. The molecule has 1 fully saturated rings. The van der Waals surface area contributed by atoms with Crippen LogP contribution in [0.3, 0.4) is 0 Å². The van der Waals surface area contributed by atoms with Crippen LogP contribution < -0.4 is 0 Å². The second-order valence-electron chi connectivity index (χ2n) is 4.47. The van der Waals surface area contributed by atoms with Gasteiger partial charge in [-0.15, -0.1) is 11.3 Å². The molecular weight excluding hydrogens is 252 g/mol. The van der Waals surface area contributed by atoms with Crippen LogP contribution in [0.25, 0.3) is 0 Å². The molecule has 18 heavy (non-hydrogen) atoms. The topological polar surface area (TPSA) is 62.7 Å². The first-order valence-corrected chi connectivity index (χ1v) is 6.97. The van der Waals surface area contributed by atoms with Crippen molar-refractivity contribution in [1.29, 1.82) is 0 Å². The third kappa shape index (κ3) is 3.51. The van der Waals surface area contributed by atoms with Gasteiger partial charge in [-0.3, -0.25) is 9.69 Å². The normalized spacial score (nSPS) is 21.1. The van der Waals surface area contributed by atoms with Crippen LogP contribution in [0.2, 0.25) is 0 Å². The van der Waals surface area contributed by atoms with E-state index in [0.29, 0.717) is 13.2 Å². The van der Waals surface area contributed by atoms with E-state index < -0.39 is 5.97 Å². The Hall–Kier alpha value is -0.980. The van der Waals surface area contributed by atoms with Gasteiger partial charge in [-0.05, 0) is 13.3 Å². The average molecular weight is 270 g/mol. The van der Waals surface area contributed by atoms with Crippen molar-refractivity contribution in [2.24, 2.45) is 0 Å². The number of aryl methyl sites for hydroxylation is 1. The largest absolute Gasteiger partial charge is 0.481 e. The number of aliphatic carboxylic acids is 1.